The SMILES string of the molecule is COc1cc(N2CCOC[C@@H]2C)ccc1[N+](=O)[O-]. The Balaban J connectivity index is 2.31. The highest BCUT2D eigenvalue weighted by molar-refractivity contribution is 5.59. The van der Waals surface area contributed by atoms with Crippen LogP contribution in [0, 0.1) is 10.1 Å². The smallest absolute Gasteiger partial charge is 0.311 e. The van der Waals surface area contributed by atoms with Gasteiger partial charge in [-0.1, -0.05) is 0 Å². The Morgan fingerprint density at radius 3 is 2.94 bits per heavy atom. The first kappa shape index (κ1) is 12.6. The summed E-state index contributed by atoms with van der Waals surface area (Å²) in [5.74, 6) is 0.288. The molecule has 0 radical (unpaired) electrons. The maximum atomic E-state index is 10.8. The van der Waals surface area contributed by atoms with Gasteiger partial charge < -0.3 is 14.4 Å². The summed E-state index contributed by atoms with van der Waals surface area (Å²) in [6, 6.07) is 5.20. The maximum Gasteiger partial charge on any atom is 0.311 e. The molecule has 0 amide bonds. The molecule has 0 aliphatic carbocycles. The summed E-state index contributed by atoms with van der Waals surface area (Å²) in [7, 11) is 1.44. The van der Waals surface area contributed by atoms with E-state index in [0.717, 1.165) is 12.2 Å². The number of benzene rings is 1. The number of nitro groups is 1. The molecule has 1 aliphatic rings. The molecule has 1 atom stereocenters. The third kappa shape index (κ3) is 2.38. The second-order valence-corrected chi connectivity index (χ2v) is 4.23. The van der Waals surface area contributed by atoms with Crippen LogP contribution < -0.4 is 9.64 Å². The van der Waals surface area contributed by atoms with Crippen LogP contribution in [0.4, 0.5) is 11.4 Å². The molecule has 0 N–H and O–H groups in total. The van der Waals surface area contributed by atoms with Gasteiger partial charge in [0.05, 0.1) is 25.2 Å². The molecule has 6 nitrogen and oxygen atoms in total. The van der Waals surface area contributed by atoms with Gasteiger partial charge in [0.15, 0.2) is 5.75 Å². The molecule has 0 spiro atoms. The number of nitro benzene ring substituents is 1. The predicted octanol–water partition coefficient (Wildman–Crippen LogP) is 1.83. The van der Waals surface area contributed by atoms with E-state index in [1.807, 2.05) is 0 Å². The zero-order valence-corrected chi connectivity index (χ0v) is 10.5. The lowest BCUT2D eigenvalue weighted by molar-refractivity contribution is -0.385. The van der Waals surface area contributed by atoms with Crippen LogP contribution in [0.5, 0.6) is 5.75 Å². The summed E-state index contributed by atoms with van der Waals surface area (Å²) < 4.78 is 10.4. The average molecular weight is 252 g/mol. The fraction of sp³-hybridized carbons (Fsp3) is 0.500. The lowest BCUT2D eigenvalue weighted by atomic mass is 10.2. The monoisotopic (exact) mass is 252 g/mol. The third-order valence-electron chi connectivity index (χ3n) is 3.06. The van der Waals surface area contributed by atoms with Gasteiger partial charge in [-0.3, -0.25) is 10.1 Å². The van der Waals surface area contributed by atoms with Gasteiger partial charge in [0, 0.05) is 30.4 Å². The number of anilines is 1. The first-order valence-corrected chi connectivity index (χ1v) is 5.80. The lowest BCUT2D eigenvalue weighted by Crippen LogP contribution is -2.43. The van der Waals surface area contributed by atoms with Crippen molar-refractivity contribution in [3.8, 4) is 5.75 Å². The fourth-order valence-electron chi connectivity index (χ4n) is 2.11. The molecule has 18 heavy (non-hydrogen) atoms. The molecule has 1 aliphatic heterocycles. The van der Waals surface area contributed by atoms with E-state index in [-0.39, 0.29) is 17.5 Å². The van der Waals surface area contributed by atoms with Crippen molar-refractivity contribution in [3.63, 3.8) is 0 Å². The summed E-state index contributed by atoms with van der Waals surface area (Å²) in [6.07, 6.45) is 0. The molecule has 1 aromatic rings. The predicted molar refractivity (Wildman–Crippen MR) is 67.3 cm³/mol. The van der Waals surface area contributed by atoms with E-state index >= 15 is 0 Å². The average Bonchev–Trinajstić information content (AvgIpc) is 2.38. The van der Waals surface area contributed by atoms with E-state index in [9.17, 15) is 10.1 Å². The Bertz CT molecular complexity index is 450. The van der Waals surface area contributed by atoms with Crippen LogP contribution in [0.25, 0.3) is 0 Å². The minimum Gasteiger partial charge on any atom is -0.490 e. The van der Waals surface area contributed by atoms with Gasteiger partial charge in [0.1, 0.15) is 0 Å². The number of hydrogen-bond acceptors (Lipinski definition) is 5. The van der Waals surface area contributed by atoms with E-state index < -0.39 is 4.92 Å². The summed E-state index contributed by atoms with van der Waals surface area (Å²) >= 11 is 0. The Labute approximate surface area is 105 Å². The zero-order valence-electron chi connectivity index (χ0n) is 10.5. The number of ether oxygens (including phenoxy) is 2. The molecular formula is C12H16N2O4. The molecular weight excluding hydrogens is 236 g/mol. The number of hydrogen-bond donors (Lipinski definition) is 0. The van der Waals surface area contributed by atoms with E-state index in [0.29, 0.717) is 13.2 Å². The van der Waals surface area contributed by atoms with Crippen molar-refractivity contribution in [2.45, 2.75) is 13.0 Å². The molecule has 0 saturated carbocycles. The van der Waals surface area contributed by atoms with Crippen molar-refractivity contribution >= 4 is 11.4 Å². The van der Waals surface area contributed by atoms with Gasteiger partial charge in [0.25, 0.3) is 0 Å². The van der Waals surface area contributed by atoms with E-state index in [1.165, 1.54) is 13.2 Å². The number of nitrogens with zero attached hydrogens (tertiary/aromatic N) is 2. The number of methoxy groups -OCH3 is 1. The van der Waals surface area contributed by atoms with Gasteiger partial charge in [-0.25, -0.2) is 0 Å². The van der Waals surface area contributed by atoms with Crippen LogP contribution in [-0.4, -0.2) is 37.8 Å². The van der Waals surface area contributed by atoms with Crippen LogP contribution in [0.2, 0.25) is 0 Å². The normalized spacial score (nSPS) is 19.7. The van der Waals surface area contributed by atoms with Crippen LogP contribution in [0.15, 0.2) is 18.2 Å². The van der Waals surface area contributed by atoms with Gasteiger partial charge in [-0.05, 0) is 13.0 Å². The first-order valence-electron chi connectivity index (χ1n) is 5.80. The van der Waals surface area contributed by atoms with Crippen LogP contribution in [0.3, 0.4) is 0 Å². The molecule has 2 rings (SSSR count). The standard InChI is InChI=1S/C12H16N2O4/c1-9-8-18-6-5-13(9)10-3-4-11(14(15)16)12(7-10)17-2/h3-4,7,9H,5-6,8H2,1-2H3/t9-/m0/s1. The number of rotatable bonds is 3. The second-order valence-electron chi connectivity index (χ2n) is 4.23. The molecule has 98 valence electrons. The summed E-state index contributed by atoms with van der Waals surface area (Å²) in [4.78, 5) is 12.5. The molecule has 0 aromatic heterocycles. The number of morpholine rings is 1. The first-order chi connectivity index (χ1) is 8.63. The van der Waals surface area contributed by atoms with Crippen molar-refractivity contribution < 1.29 is 14.4 Å². The summed E-state index contributed by atoms with van der Waals surface area (Å²) in [5, 5.41) is 10.8. The fourth-order valence-corrected chi connectivity index (χ4v) is 2.11. The van der Waals surface area contributed by atoms with E-state index in [4.69, 9.17) is 9.47 Å². The molecule has 0 bridgehead atoms. The molecule has 1 fully saturated rings. The topological polar surface area (TPSA) is 64.8 Å². The molecule has 0 unspecified atom stereocenters. The third-order valence-corrected chi connectivity index (χ3v) is 3.06. The zero-order chi connectivity index (χ0) is 13.1. The highest BCUT2D eigenvalue weighted by Crippen LogP contribution is 2.32. The van der Waals surface area contributed by atoms with Crippen LogP contribution in [0.1, 0.15) is 6.92 Å². The van der Waals surface area contributed by atoms with Gasteiger partial charge in [0.2, 0.25) is 0 Å². The summed E-state index contributed by atoms with van der Waals surface area (Å²) in [6.45, 7) is 4.18. The molecule has 1 heterocycles. The second kappa shape index (κ2) is 5.22. The van der Waals surface area contributed by atoms with Crippen molar-refractivity contribution in [2.75, 3.05) is 31.8 Å². The Kier molecular flexibility index (Phi) is 3.66. The van der Waals surface area contributed by atoms with Crippen molar-refractivity contribution in [3.05, 3.63) is 28.3 Å². The molecule has 1 saturated heterocycles. The lowest BCUT2D eigenvalue weighted by Gasteiger charge is -2.35. The van der Waals surface area contributed by atoms with Crippen molar-refractivity contribution in [1.82, 2.24) is 0 Å². The summed E-state index contributed by atoms with van der Waals surface area (Å²) in [5.41, 5.74) is 0.912. The van der Waals surface area contributed by atoms with Crippen molar-refractivity contribution in [2.24, 2.45) is 0 Å². The van der Waals surface area contributed by atoms with Crippen molar-refractivity contribution in [1.29, 1.82) is 0 Å². The van der Waals surface area contributed by atoms with Crippen LogP contribution >= 0.6 is 0 Å². The maximum absolute atomic E-state index is 10.8. The molecule has 1 aromatic carbocycles. The van der Waals surface area contributed by atoms with Gasteiger partial charge in [-0.2, -0.15) is 0 Å². The Morgan fingerprint density at radius 2 is 2.33 bits per heavy atom. The molecule has 6 heteroatoms. The Morgan fingerprint density at radius 1 is 1.56 bits per heavy atom. The largest absolute Gasteiger partial charge is 0.490 e. The van der Waals surface area contributed by atoms with Gasteiger partial charge >= 0.3 is 5.69 Å². The highest BCUT2D eigenvalue weighted by atomic mass is 16.6. The minimum atomic E-state index is -0.439. The minimum absolute atomic E-state index is 0.0119. The van der Waals surface area contributed by atoms with E-state index in [2.05, 4.69) is 11.8 Å². The van der Waals surface area contributed by atoms with Crippen LogP contribution in [-0.2, 0) is 4.74 Å². The Hall–Kier alpha value is -1.82. The highest BCUT2D eigenvalue weighted by Gasteiger charge is 2.22. The van der Waals surface area contributed by atoms with Gasteiger partial charge in [-0.15, -0.1) is 0 Å². The van der Waals surface area contributed by atoms with E-state index in [1.54, 1.807) is 12.1 Å². The quantitative estimate of drug-likeness (QED) is 0.606.